The Balaban J connectivity index is 2.40. The van der Waals surface area contributed by atoms with Crippen LogP contribution in [-0.2, 0) is 16.1 Å². The predicted molar refractivity (Wildman–Crippen MR) is 58.6 cm³/mol. The van der Waals surface area contributed by atoms with Crippen molar-refractivity contribution in [2.75, 3.05) is 6.54 Å². The molecule has 1 rings (SSSR count). The fourth-order valence-corrected chi connectivity index (χ4v) is 1.08. The number of phenolic OH excluding ortho intramolecular Hbond substituents is 1. The Morgan fingerprint density at radius 2 is 1.76 bits per heavy atom. The van der Waals surface area contributed by atoms with Gasteiger partial charge in [0.25, 0.3) is 0 Å². The van der Waals surface area contributed by atoms with Crippen LogP contribution in [0.2, 0.25) is 0 Å². The standard InChI is InChI=1S/C11H11N3O3/c12-5-6-13-10(16)11(17)14-7-8-1-3-9(15)4-2-8/h1-4,15H,6-7H2,(H,13,16)(H,14,17). The molecule has 0 unspecified atom stereocenters. The molecule has 0 aliphatic rings. The molecule has 1 aromatic rings. The Labute approximate surface area is 97.9 Å². The summed E-state index contributed by atoms with van der Waals surface area (Å²) in [7, 11) is 0. The van der Waals surface area contributed by atoms with Gasteiger partial charge in [0.15, 0.2) is 0 Å². The van der Waals surface area contributed by atoms with Crippen molar-refractivity contribution in [3.05, 3.63) is 29.8 Å². The third-order valence-corrected chi connectivity index (χ3v) is 1.92. The van der Waals surface area contributed by atoms with E-state index in [9.17, 15) is 9.59 Å². The third kappa shape index (κ3) is 4.22. The fourth-order valence-electron chi connectivity index (χ4n) is 1.08. The Morgan fingerprint density at radius 1 is 1.18 bits per heavy atom. The van der Waals surface area contributed by atoms with E-state index in [1.165, 1.54) is 12.1 Å². The number of nitrogens with zero attached hydrogens (tertiary/aromatic N) is 1. The number of rotatable bonds is 3. The van der Waals surface area contributed by atoms with Gasteiger partial charge in [-0.2, -0.15) is 5.26 Å². The second kappa shape index (κ2) is 6.12. The number of aromatic hydroxyl groups is 1. The van der Waals surface area contributed by atoms with Crippen LogP contribution in [0.25, 0.3) is 0 Å². The minimum Gasteiger partial charge on any atom is -0.508 e. The molecule has 0 fully saturated rings. The Morgan fingerprint density at radius 3 is 2.35 bits per heavy atom. The lowest BCUT2D eigenvalue weighted by Crippen LogP contribution is -2.39. The minimum absolute atomic E-state index is 0.131. The first-order valence-corrected chi connectivity index (χ1v) is 4.84. The number of carbonyl (C=O) groups is 2. The topological polar surface area (TPSA) is 102 Å². The third-order valence-electron chi connectivity index (χ3n) is 1.92. The summed E-state index contributed by atoms with van der Waals surface area (Å²) in [4.78, 5) is 22.3. The van der Waals surface area contributed by atoms with E-state index < -0.39 is 11.8 Å². The summed E-state index contributed by atoms with van der Waals surface area (Å²) in [5.41, 5.74) is 0.754. The van der Waals surface area contributed by atoms with Crippen LogP contribution < -0.4 is 10.6 Å². The SMILES string of the molecule is N#CCNC(=O)C(=O)NCc1ccc(O)cc1. The second-order valence-corrected chi connectivity index (χ2v) is 3.19. The van der Waals surface area contributed by atoms with E-state index >= 15 is 0 Å². The Hall–Kier alpha value is -2.55. The highest BCUT2D eigenvalue weighted by Gasteiger charge is 2.11. The van der Waals surface area contributed by atoms with Crippen molar-refractivity contribution >= 4 is 11.8 Å². The molecule has 0 saturated carbocycles. The van der Waals surface area contributed by atoms with Gasteiger partial charge in [-0.3, -0.25) is 9.59 Å². The number of phenols is 1. The lowest BCUT2D eigenvalue weighted by atomic mass is 10.2. The molecule has 0 radical (unpaired) electrons. The van der Waals surface area contributed by atoms with Crippen molar-refractivity contribution in [2.24, 2.45) is 0 Å². The summed E-state index contributed by atoms with van der Waals surface area (Å²) in [5.74, 6) is -1.51. The highest BCUT2D eigenvalue weighted by atomic mass is 16.3. The van der Waals surface area contributed by atoms with Crippen molar-refractivity contribution in [1.29, 1.82) is 5.26 Å². The van der Waals surface area contributed by atoms with Gasteiger partial charge in [-0.25, -0.2) is 0 Å². The molecule has 0 heterocycles. The van der Waals surface area contributed by atoms with Crippen LogP contribution in [0, 0.1) is 11.3 Å². The normalized spacial score (nSPS) is 9.12. The van der Waals surface area contributed by atoms with E-state index in [0.717, 1.165) is 5.56 Å². The average Bonchev–Trinajstić information content (AvgIpc) is 2.34. The smallest absolute Gasteiger partial charge is 0.310 e. The summed E-state index contributed by atoms with van der Waals surface area (Å²) in [5, 5.41) is 21.8. The van der Waals surface area contributed by atoms with Gasteiger partial charge in [-0.15, -0.1) is 0 Å². The lowest BCUT2D eigenvalue weighted by Gasteiger charge is -2.04. The first-order chi connectivity index (χ1) is 8.13. The van der Waals surface area contributed by atoms with Gasteiger partial charge in [0.2, 0.25) is 0 Å². The molecule has 88 valence electrons. The van der Waals surface area contributed by atoms with Crippen LogP contribution in [0.15, 0.2) is 24.3 Å². The maximum absolute atomic E-state index is 11.2. The van der Waals surface area contributed by atoms with Crippen molar-refractivity contribution < 1.29 is 14.7 Å². The molecule has 2 amide bonds. The van der Waals surface area contributed by atoms with Crippen LogP contribution in [0.3, 0.4) is 0 Å². The quantitative estimate of drug-likeness (QED) is 0.490. The number of benzene rings is 1. The van der Waals surface area contributed by atoms with Crippen LogP contribution in [0.5, 0.6) is 5.75 Å². The molecule has 6 nitrogen and oxygen atoms in total. The number of hydrogen-bond donors (Lipinski definition) is 3. The number of nitriles is 1. The molecule has 0 aliphatic heterocycles. The number of amides is 2. The number of carbonyl (C=O) groups excluding carboxylic acids is 2. The predicted octanol–water partition coefficient (Wildman–Crippen LogP) is -0.352. The zero-order chi connectivity index (χ0) is 12.7. The van der Waals surface area contributed by atoms with E-state index in [-0.39, 0.29) is 18.8 Å². The zero-order valence-corrected chi connectivity index (χ0v) is 8.93. The van der Waals surface area contributed by atoms with Gasteiger partial charge >= 0.3 is 11.8 Å². The second-order valence-electron chi connectivity index (χ2n) is 3.19. The van der Waals surface area contributed by atoms with E-state index in [1.54, 1.807) is 18.2 Å². The Kier molecular flexibility index (Phi) is 4.51. The van der Waals surface area contributed by atoms with Gasteiger partial charge in [0.05, 0.1) is 6.07 Å². The van der Waals surface area contributed by atoms with E-state index in [1.807, 2.05) is 0 Å². The van der Waals surface area contributed by atoms with Gasteiger partial charge in [0, 0.05) is 6.54 Å². The van der Waals surface area contributed by atoms with Crippen LogP contribution in [0.4, 0.5) is 0 Å². The van der Waals surface area contributed by atoms with Crippen molar-refractivity contribution in [2.45, 2.75) is 6.54 Å². The van der Waals surface area contributed by atoms with Crippen LogP contribution in [-0.4, -0.2) is 23.5 Å². The van der Waals surface area contributed by atoms with Crippen molar-refractivity contribution in [3.8, 4) is 11.8 Å². The minimum atomic E-state index is -0.842. The lowest BCUT2D eigenvalue weighted by molar-refractivity contribution is -0.139. The summed E-state index contributed by atoms with van der Waals surface area (Å²) in [6.07, 6.45) is 0. The molecule has 0 aromatic heterocycles. The summed E-state index contributed by atoms with van der Waals surface area (Å²) < 4.78 is 0. The molecule has 17 heavy (non-hydrogen) atoms. The van der Waals surface area contributed by atoms with E-state index in [4.69, 9.17) is 10.4 Å². The molecule has 6 heteroatoms. The van der Waals surface area contributed by atoms with Gasteiger partial charge in [-0.05, 0) is 17.7 Å². The summed E-state index contributed by atoms with van der Waals surface area (Å²) in [6, 6.07) is 7.92. The van der Waals surface area contributed by atoms with Crippen LogP contribution >= 0.6 is 0 Å². The molecule has 0 bridgehead atoms. The summed E-state index contributed by atoms with van der Waals surface area (Å²) in [6.45, 7) is -0.0233. The Bertz CT molecular complexity index is 448. The molecule has 0 aliphatic carbocycles. The first kappa shape index (κ1) is 12.5. The fraction of sp³-hybridized carbons (Fsp3) is 0.182. The highest BCUT2D eigenvalue weighted by molar-refractivity contribution is 6.35. The summed E-state index contributed by atoms with van der Waals surface area (Å²) >= 11 is 0. The molecule has 3 N–H and O–H groups in total. The molecule has 1 aromatic carbocycles. The number of nitrogens with one attached hydrogen (secondary N) is 2. The molecule has 0 saturated heterocycles. The molecule has 0 spiro atoms. The molecular weight excluding hydrogens is 222 g/mol. The van der Waals surface area contributed by atoms with Gasteiger partial charge in [-0.1, -0.05) is 12.1 Å². The first-order valence-electron chi connectivity index (χ1n) is 4.84. The van der Waals surface area contributed by atoms with Gasteiger partial charge in [0.1, 0.15) is 12.3 Å². The van der Waals surface area contributed by atoms with E-state index in [2.05, 4.69) is 10.6 Å². The highest BCUT2D eigenvalue weighted by Crippen LogP contribution is 2.08. The monoisotopic (exact) mass is 233 g/mol. The maximum atomic E-state index is 11.2. The zero-order valence-electron chi connectivity index (χ0n) is 8.93. The number of hydrogen-bond acceptors (Lipinski definition) is 4. The molecular formula is C11H11N3O3. The largest absolute Gasteiger partial charge is 0.508 e. The van der Waals surface area contributed by atoms with Crippen molar-refractivity contribution in [3.63, 3.8) is 0 Å². The van der Waals surface area contributed by atoms with E-state index in [0.29, 0.717) is 0 Å². The molecule has 0 atom stereocenters. The average molecular weight is 233 g/mol. The van der Waals surface area contributed by atoms with Crippen molar-refractivity contribution in [1.82, 2.24) is 10.6 Å². The maximum Gasteiger partial charge on any atom is 0.310 e. The van der Waals surface area contributed by atoms with Crippen LogP contribution in [0.1, 0.15) is 5.56 Å². The van der Waals surface area contributed by atoms with Gasteiger partial charge < -0.3 is 15.7 Å².